The molecule has 2 rings (SSSR count). The minimum atomic E-state index is 0.325. The van der Waals surface area contributed by atoms with Gasteiger partial charge in [0.2, 0.25) is 0 Å². The molecule has 1 aliphatic rings. The van der Waals surface area contributed by atoms with Gasteiger partial charge in [0.1, 0.15) is 0 Å². The quantitative estimate of drug-likeness (QED) is 0.822. The van der Waals surface area contributed by atoms with Crippen molar-refractivity contribution in [2.24, 2.45) is 0 Å². The van der Waals surface area contributed by atoms with E-state index in [-0.39, 0.29) is 0 Å². The lowest BCUT2D eigenvalue weighted by molar-refractivity contribution is 0.0338. The maximum atomic E-state index is 5.57. The third-order valence-corrected chi connectivity index (χ3v) is 3.70. The summed E-state index contributed by atoms with van der Waals surface area (Å²) in [5.41, 5.74) is 3.67. The van der Waals surface area contributed by atoms with Crippen molar-refractivity contribution in [3.05, 3.63) is 17.0 Å². The molecule has 0 aromatic carbocycles. The smallest absolute Gasteiger partial charge is 0.0909 e. The highest BCUT2D eigenvalue weighted by molar-refractivity contribution is 5.23. The molecular weight excluding hydrogens is 202 g/mol. The fraction of sp³-hybridized carbons (Fsp3) is 0.750. The number of aryl methyl sites for hydroxylation is 1. The number of ether oxygens (including phenoxy) is 1. The minimum Gasteiger partial charge on any atom is -0.379 e. The van der Waals surface area contributed by atoms with E-state index in [1.54, 1.807) is 0 Å². The average Bonchev–Trinajstić information content (AvgIpc) is 2.57. The Morgan fingerprint density at radius 3 is 2.69 bits per heavy atom. The van der Waals surface area contributed by atoms with Gasteiger partial charge in [0.05, 0.1) is 18.3 Å². The summed E-state index contributed by atoms with van der Waals surface area (Å²) in [6.45, 7) is 7.94. The van der Waals surface area contributed by atoms with Crippen LogP contribution in [-0.4, -0.2) is 36.1 Å². The van der Waals surface area contributed by atoms with Crippen LogP contribution in [0.15, 0.2) is 0 Å². The van der Waals surface area contributed by atoms with E-state index < -0.39 is 0 Å². The fourth-order valence-corrected chi connectivity index (χ4v) is 2.37. The lowest BCUT2D eigenvalue weighted by atomic mass is 10.0. The van der Waals surface area contributed by atoms with Gasteiger partial charge in [-0.05, 0) is 39.8 Å². The van der Waals surface area contributed by atoms with Crippen molar-refractivity contribution in [2.75, 3.05) is 20.3 Å². The van der Waals surface area contributed by atoms with Crippen LogP contribution in [0, 0.1) is 20.8 Å². The second kappa shape index (κ2) is 4.55. The van der Waals surface area contributed by atoms with E-state index in [0.717, 1.165) is 25.3 Å². The SMILES string of the molecule is CNC1CCOCC1n1nc(C)c(C)c1C. The molecule has 1 saturated heterocycles. The van der Waals surface area contributed by atoms with Gasteiger partial charge < -0.3 is 10.1 Å². The zero-order valence-electron chi connectivity index (χ0n) is 10.6. The zero-order valence-corrected chi connectivity index (χ0v) is 10.6. The Labute approximate surface area is 97.0 Å². The topological polar surface area (TPSA) is 39.1 Å². The molecule has 1 fully saturated rings. The molecule has 0 bridgehead atoms. The van der Waals surface area contributed by atoms with Gasteiger partial charge in [0.15, 0.2) is 0 Å². The van der Waals surface area contributed by atoms with Gasteiger partial charge in [0.25, 0.3) is 0 Å². The Balaban J connectivity index is 2.30. The summed E-state index contributed by atoms with van der Waals surface area (Å²) in [7, 11) is 2.02. The largest absolute Gasteiger partial charge is 0.379 e. The van der Waals surface area contributed by atoms with Crippen LogP contribution in [0.25, 0.3) is 0 Å². The van der Waals surface area contributed by atoms with E-state index in [1.807, 2.05) is 7.05 Å². The number of nitrogens with zero attached hydrogens (tertiary/aromatic N) is 2. The molecule has 0 aliphatic carbocycles. The molecule has 90 valence electrons. The van der Waals surface area contributed by atoms with Crippen molar-refractivity contribution < 1.29 is 4.74 Å². The van der Waals surface area contributed by atoms with E-state index in [4.69, 9.17) is 4.74 Å². The predicted molar refractivity (Wildman–Crippen MR) is 63.8 cm³/mol. The van der Waals surface area contributed by atoms with Gasteiger partial charge in [-0.25, -0.2) is 0 Å². The van der Waals surface area contributed by atoms with E-state index in [0.29, 0.717) is 12.1 Å². The van der Waals surface area contributed by atoms with Crippen molar-refractivity contribution in [3.63, 3.8) is 0 Å². The van der Waals surface area contributed by atoms with Crippen LogP contribution in [0.4, 0.5) is 0 Å². The minimum absolute atomic E-state index is 0.325. The molecule has 2 atom stereocenters. The number of rotatable bonds is 2. The van der Waals surface area contributed by atoms with Crippen molar-refractivity contribution in [2.45, 2.75) is 39.3 Å². The van der Waals surface area contributed by atoms with Gasteiger partial charge in [-0.15, -0.1) is 0 Å². The molecule has 1 aromatic heterocycles. The molecule has 2 unspecified atom stereocenters. The molecule has 2 heterocycles. The van der Waals surface area contributed by atoms with Gasteiger partial charge in [-0.3, -0.25) is 4.68 Å². The van der Waals surface area contributed by atoms with Gasteiger partial charge in [-0.1, -0.05) is 0 Å². The highest BCUT2D eigenvalue weighted by Gasteiger charge is 2.28. The van der Waals surface area contributed by atoms with Crippen molar-refractivity contribution in [1.29, 1.82) is 0 Å². The molecule has 0 amide bonds. The standard InChI is InChI=1S/C12H21N3O/c1-8-9(2)14-15(10(8)3)12-7-16-6-5-11(12)13-4/h11-13H,5-7H2,1-4H3. The first-order valence-electron chi connectivity index (χ1n) is 5.92. The molecule has 0 saturated carbocycles. The predicted octanol–water partition coefficient (Wildman–Crippen LogP) is 1.36. The van der Waals surface area contributed by atoms with Crippen molar-refractivity contribution >= 4 is 0 Å². The van der Waals surface area contributed by atoms with Crippen LogP contribution in [0.2, 0.25) is 0 Å². The number of likely N-dealkylation sites (N-methyl/N-ethyl adjacent to an activating group) is 1. The van der Waals surface area contributed by atoms with Crippen LogP contribution in [0.1, 0.15) is 29.4 Å². The maximum absolute atomic E-state index is 5.57. The molecule has 4 nitrogen and oxygen atoms in total. The summed E-state index contributed by atoms with van der Waals surface area (Å²) in [6.07, 6.45) is 1.05. The van der Waals surface area contributed by atoms with Crippen LogP contribution in [0.5, 0.6) is 0 Å². The number of aromatic nitrogens is 2. The summed E-state index contributed by atoms with van der Waals surface area (Å²) >= 11 is 0. The molecule has 1 aliphatic heterocycles. The molecule has 1 N–H and O–H groups in total. The summed E-state index contributed by atoms with van der Waals surface area (Å²) in [5, 5.41) is 8.00. The van der Waals surface area contributed by atoms with E-state index >= 15 is 0 Å². The van der Waals surface area contributed by atoms with Crippen molar-refractivity contribution in [1.82, 2.24) is 15.1 Å². The van der Waals surface area contributed by atoms with Crippen molar-refractivity contribution in [3.8, 4) is 0 Å². The monoisotopic (exact) mass is 223 g/mol. The van der Waals surface area contributed by atoms with Gasteiger partial charge in [0, 0.05) is 18.3 Å². The Morgan fingerprint density at radius 1 is 1.38 bits per heavy atom. The maximum Gasteiger partial charge on any atom is 0.0909 e. The number of hydrogen-bond acceptors (Lipinski definition) is 3. The van der Waals surface area contributed by atoms with Crippen LogP contribution >= 0.6 is 0 Å². The third kappa shape index (κ3) is 1.87. The Kier molecular flexibility index (Phi) is 3.30. The van der Waals surface area contributed by atoms with Gasteiger partial charge in [-0.2, -0.15) is 5.10 Å². The van der Waals surface area contributed by atoms with Crippen LogP contribution < -0.4 is 5.32 Å². The normalized spacial score (nSPS) is 26.0. The highest BCUT2D eigenvalue weighted by atomic mass is 16.5. The Morgan fingerprint density at radius 2 is 2.12 bits per heavy atom. The molecule has 0 radical (unpaired) electrons. The highest BCUT2D eigenvalue weighted by Crippen LogP contribution is 2.23. The summed E-state index contributed by atoms with van der Waals surface area (Å²) < 4.78 is 7.70. The summed E-state index contributed by atoms with van der Waals surface area (Å²) in [6, 6.07) is 0.789. The second-order valence-corrected chi connectivity index (χ2v) is 4.57. The van der Waals surface area contributed by atoms with E-state index in [2.05, 4.69) is 35.9 Å². The first-order chi connectivity index (χ1) is 7.65. The molecule has 1 aromatic rings. The van der Waals surface area contributed by atoms with Crippen LogP contribution in [-0.2, 0) is 4.74 Å². The Hall–Kier alpha value is -0.870. The first kappa shape index (κ1) is 11.6. The fourth-order valence-electron chi connectivity index (χ4n) is 2.37. The number of nitrogens with one attached hydrogen (secondary N) is 1. The summed E-state index contributed by atoms with van der Waals surface area (Å²) in [5.74, 6) is 0. The van der Waals surface area contributed by atoms with E-state index in [9.17, 15) is 0 Å². The lowest BCUT2D eigenvalue weighted by Crippen LogP contribution is -2.43. The van der Waals surface area contributed by atoms with Gasteiger partial charge >= 0.3 is 0 Å². The summed E-state index contributed by atoms with van der Waals surface area (Å²) in [4.78, 5) is 0. The zero-order chi connectivity index (χ0) is 11.7. The Bertz CT molecular complexity index is 373. The molecule has 4 heteroatoms. The first-order valence-corrected chi connectivity index (χ1v) is 5.92. The molecule has 0 spiro atoms. The van der Waals surface area contributed by atoms with E-state index in [1.165, 1.54) is 11.3 Å². The molecule has 16 heavy (non-hydrogen) atoms. The number of hydrogen-bond donors (Lipinski definition) is 1. The molecular formula is C12H21N3O. The average molecular weight is 223 g/mol. The lowest BCUT2D eigenvalue weighted by Gasteiger charge is -2.32. The third-order valence-electron chi connectivity index (χ3n) is 3.70. The van der Waals surface area contributed by atoms with Crippen LogP contribution in [0.3, 0.4) is 0 Å². The second-order valence-electron chi connectivity index (χ2n) is 4.57.